The molecule has 1 heterocycles. The Morgan fingerprint density at radius 2 is 2.05 bits per heavy atom. The van der Waals surface area contributed by atoms with Gasteiger partial charge < -0.3 is 10.1 Å². The molecule has 3 heteroatoms. The summed E-state index contributed by atoms with van der Waals surface area (Å²) < 4.78 is 5.85. The number of benzene rings is 1. The van der Waals surface area contributed by atoms with Crippen molar-refractivity contribution >= 4 is 0 Å². The summed E-state index contributed by atoms with van der Waals surface area (Å²) in [6, 6.07) is 12.5. The van der Waals surface area contributed by atoms with Crippen molar-refractivity contribution < 1.29 is 4.74 Å². The molecule has 1 saturated carbocycles. The minimum Gasteiger partial charge on any atom is -0.490 e. The molecule has 1 atom stereocenters. The van der Waals surface area contributed by atoms with Gasteiger partial charge in [-0.15, -0.1) is 0 Å². The summed E-state index contributed by atoms with van der Waals surface area (Å²) in [5.41, 5.74) is 2.36. The minimum atomic E-state index is 0.149. The summed E-state index contributed by atoms with van der Waals surface area (Å²) in [4.78, 5) is 4.19. The van der Waals surface area contributed by atoms with Crippen LogP contribution in [0.25, 0.3) is 0 Å². The topological polar surface area (TPSA) is 34.2 Å². The van der Waals surface area contributed by atoms with Crippen LogP contribution in [0.3, 0.4) is 0 Å². The van der Waals surface area contributed by atoms with Gasteiger partial charge in [0.2, 0.25) is 0 Å². The Balaban J connectivity index is 1.86. The maximum Gasteiger partial charge on any atom is 0.120 e. The Morgan fingerprint density at radius 1 is 1.21 bits per heavy atom. The van der Waals surface area contributed by atoms with E-state index in [0.717, 1.165) is 11.3 Å². The highest BCUT2D eigenvalue weighted by atomic mass is 16.5. The van der Waals surface area contributed by atoms with Crippen molar-refractivity contribution in [3.05, 3.63) is 59.9 Å². The molecule has 3 nitrogen and oxygen atoms in total. The SMILES string of the molecule is CNC(c1cccnc1)c1cccc(OC2CC2)c1. The van der Waals surface area contributed by atoms with Gasteiger partial charge in [0, 0.05) is 12.4 Å². The molecule has 0 amide bonds. The summed E-state index contributed by atoms with van der Waals surface area (Å²) >= 11 is 0. The van der Waals surface area contributed by atoms with Crippen molar-refractivity contribution in [2.45, 2.75) is 25.0 Å². The first-order valence-corrected chi connectivity index (χ1v) is 6.70. The molecule has 1 fully saturated rings. The Hall–Kier alpha value is -1.87. The number of hydrogen-bond acceptors (Lipinski definition) is 3. The van der Waals surface area contributed by atoms with Gasteiger partial charge in [-0.1, -0.05) is 18.2 Å². The van der Waals surface area contributed by atoms with E-state index in [1.807, 2.05) is 31.4 Å². The standard InChI is InChI=1S/C16H18N2O/c1-17-16(13-5-3-9-18-11-13)12-4-2-6-15(10-12)19-14-7-8-14/h2-6,9-11,14,16-17H,7-8H2,1H3. The number of nitrogens with one attached hydrogen (secondary N) is 1. The molecule has 0 bridgehead atoms. The predicted octanol–water partition coefficient (Wildman–Crippen LogP) is 2.93. The number of aromatic nitrogens is 1. The zero-order valence-corrected chi connectivity index (χ0v) is 11.0. The lowest BCUT2D eigenvalue weighted by Gasteiger charge is -2.17. The third kappa shape index (κ3) is 2.93. The van der Waals surface area contributed by atoms with Crippen LogP contribution in [0.15, 0.2) is 48.8 Å². The van der Waals surface area contributed by atoms with Crippen molar-refractivity contribution in [2.24, 2.45) is 0 Å². The lowest BCUT2D eigenvalue weighted by molar-refractivity contribution is 0.302. The molecule has 0 aliphatic heterocycles. The Kier molecular flexibility index (Phi) is 3.47. The second kappa shape index (κ2) is 5.41. The van der Waals surface area contributed by atoms with Gasteiger partial charge >= 0.3 is 0 Å². The maximum absolute atomic E-state index is 5.85. The monoisotopic (exact) mass is 254 g/mol. The van der Waals surface area contributed by atoms with E-state index in [2.05, 4.69) is 28.5 Å². The van der Waals surface area contributed by atoms with Crippen LogP contribution >= 0.6 is 0 Å². The van der Waals surface area contributed by atoms with E-state index in [1.54, 1.807) is 6.20 Å². The molecule has 1 aromatic heterocycles. The van der Waals surface area contributed by atoms with E-state index in [0.29, 0.717) is 6.10 Å². The number of rotatable bonds is 5. The lowest BCUT2D eigenvalue weighted by atomic mass is 10.0. The molecule has 1 aliphatic carbocycles. The van der Waals surface area contributed by atoms with Crippen LogP contribution in [0.4, 0.5) is 0 Å². The van der Waals surface area contributed by atoms with Crippen molar-refractivity contribution in [1.82, 2.24) is 10.3 Å². The summed E-state index contributed by atoms with van der Waals surface area (Å²) in [5.74, 6) is 0.962. The van der Waals surface area contributed by atoms with E-state index in [-0.39, 0.29) is 6.04 Å². The van der Waals surface area contributed by atoms with Crippen LogP contribution in [0, 0.1) is 0 Å². The summed E-state index contributed by atoms with van der Waals surface area (Å²) in [5, 5.41) is 3.34. The van der Waals surface area contributed by atoms with Gasteiger partial charge in [-0.2, -0.15) is 0 Å². The van der Waals surface area contributed by atoms with Crippen molar-refractivity contribution in [3.63, 3.8) is 0 Å². The molecule has 1 N–H and O–H groups in total. The first-order chi connectivity index (χ1) is 9.36. The van der Waals surface area contributed by atoms with E-state index in [4.69, 9.17) is 4.74 Å². The molecule has 98 valence electrons. The molecule has 3 rings (SSSR count). The summed E-state index contributed by atoms with van der Waals surface area (Å²) in [6.45, 7) is 0. The largest absolute Gasteiger partial charge is 0.490 e. The molecular formula is C16H18N2O. The van der Waals surface area contributed by atoms with Crippen molar-refractivity contribution in [1.29, 1.82) is 0 Å². The van der Waals surface area contributed by atoms with E-state index in [9.17, 15) is 0 Å². The second-order valence-electron chi connectivity index (χ2n) is 4.90. The first-order valence-electron chi connectivity index (χ1n) is 6.70. The first kappa shape index (κ1) is 12.2. The van der Waals surface area contributed by atoms with Gasteiger partial charge in [-0.05, 0) is 49.2 Å². The van der Waals surface area contributed by atoms with Gasteiger partial charge in [-0.3, -0.25) is 4.98 Å². The number of pyridine rings is 1. The van der Waals surface area contributed by atoms with Crippen LogP contribution in [-0.2, 0) is 0 Å². The van der Waals surface area contributed by atoms with Gasteiger partial charge in [0.1, 0.15) is 5.75 Å². The summed E-state index contributed by atoms with van der Waals surface area (Å²) in [6.07, 6.45) is 6.49. The van der Waals surface area contributed by atoms with Gasteiger partial charge in [-0.25, -0.2) is 0 Å². The second-order valence-corrected chi connectivity index (χ2v) is 4.90. The summed E-state index contributed by atoms with van der Waals surface area (Å²) in [7, 11) is 1.96. The molecule has 0 saturated heterocycles. The molecule has 19 heavy (non-hydrogen) atoms. The van der Waals surface area contributed by atoms with Crippen molar-refractivity contribution in [3.8, 4) is 5.75 Å². The van der Waals surface area contributed by atoms with E-state index in [1.165, 1.54) is 18.4 Å². The predicted molar refractivity (Wildman–Crippen MR) is 75.2 cm³/mol. The average Bonchev–Trinajstić information content (AvgIpc) is 3.25. The highest BCUT2D eigenvalue weighted by Gasteiger charge is 2.23. The zero-order valence-electron chi connectivity index (χ0n) is 11.0. The zero-order chi connectivity index (χ0) is 13.1. The molecular weight excluding hydrogens is 236 g/mol. The molecule has 0 radical (unpaired) electrons. The normalized spacial score (nSPS) is 16.1. The fourth-order valence-corrected chi connectivity index (χ4v) is 2.22. The van der Waals surface area contributed by atoms with Crippen LogP contribution < -0.4 is 10.1 Å². The highest BCUT2D eigenvalue weighted by molar-refractivity contribution is 5.36. The molecule has 2 aromatic rings. The van der Waals surface area contributed by atoms with Crippen LogP contribution in [-0.4, -0.2) is 18.1 Å². The van der Waals surface area contributed by atoms with E-state index < -0.39 is 0 Å². The fourth-order valence-electron chi connectivity index (χ4n) is 2.22. The number of hydrogen-bond donors (Lipinski definition) is 1. The maximum atomic E-state index is 5.85. The number of nitrogens with zero attached hydrogens (tertiary/aromatic N) is 1. The third-order valence-electron chi connectivity index (χ3n) is 3.32. The third-order valence-corrected chi connectivity index (χ3v) is 3.32. The molecule has 1 unspecified atom stereocenters. The Morgan fingerprint density at radius 3 is 2.74 bits per heavy atom. The Labute approximate surface area is 113 Å². The quantitative estimate of drug-likeness (QED) is 0.890. The average molecular weight is 254 g/mol. The van der Waals surface area contributed by atoms with Gasteiger partial charge in [0.25, 0.3) is 0 Å². The fraction of sp³-hybridized carbons (Fsp3) is 0.312. The van der Waals surface area contributed by atoms with Crippen LogP contribution in [0.5, 0.6) is 5.75 Å². The van der Waals surface area contributed by atoms with E-state index >= 15 is 0 Å². The number of ether oxygens (including phenoxy) is 1. The molecule has 1 aliphatic rings. The van der Waals surface area contributed by atoms with Gasteiger partial charge in [0.15, 0.2) is 0 Å². The van der Waals surface area contributed by atoms with Crippen LogP contribution in [0.2, 0.25) is 0 Å². The molecule has 0 spiro atoms. The van der Waals surface area contributed by atoms with Crippen LogP contribution in [0.1, 0.15) is 30.0 Å². The molecule has 1 aromatic carbocycles. The van der Waals surface area contributed by atoms with Crippen molar-refractivity contribution in [2.75, 3.05) is 7.05 Å². The minimum absolute atomic E-state index is 0.149. The smallest absolute Gasteiger partial charge is 0.120 e. The van der Waals surface area contributed by atoms with Gasteiger partial charge in [0.05, 0.1) is 12.1 Å². The lowest BCUT2D eigenvalue weighted by Crippen LogP contribution is -2.17. The highest BCUT2D eigenvalue weighted by Crippen LogP contribution is 2.29. The Bertz CT molecular complexity index is 537.